The minimum Gasteiger partial charge on any atom is -0.497 e. The van der Waals surface area contributed by atoms with E-state index in [1.165, 1.54) is 0 Å². The molecule has 0 saturated carbocycles. The van der Waals surface area contributed by atoms with Gasteiger partial charge in [0.15, 0.2) is 5.16 Å². The zero-order valence-corrected chi connectivity index (χ0v) is 12.9. The first-order valence-electron chi connectivity index (χ1n) is 6.36. The molecule has 0 atom stereocenters. The minimum absolute atomic E-state index is 0.229. The Kier molecular flexibility index (Phi) is 4.49. The van der Waals surface area contributed by atoms with Gasteiger partial charge in [0.2, 0.25) is 5.95 Å². The highest BCUT2D eigenvalue weighted by molar-refractivity contribution is 7.98. The maximum absolute atomic E-state index is 5.82. The third kappa shape index (κ3) is 3.22. The van der Waals surface area contributed by atoms with Crippen molar-refractivity contribution in [3.8, 4) is 5.75 Å². The number of aromatic nitrogens is 4. The van der Waals surface area contributed by atoms with Gasteiger partial charge in [-0.15, -0.1) is 10.2 Å². The summed E-state index contributed by atoms with van der Waals surface area (Å²) >= 11 is 1.57. The highest BCUT2D eigenvalue weighted by atomic mass is 32.2. The maximum Gasteiger partial charge on any atom is 0.222 e. The second-order valence-corrected chi connectivity index (χ2v) is 5.68. The van der Waals surface area contributed by atoms with Crippen molar-refractivity contribution in [3.05, 3.63) is 23.5 Å². The van der Waals surface area contributed by atoms with Crippen LogP contribution < -0.4 is 10.5 Å². The molecule has 7 heteroatoms. The fourth-order valence-corrected chi connectivity index (χ4v) is 2.87. The van der Waals surface area contributed by atoms with Gasteiger partial charge >= 0.3 is 0 Å². The van der Waals surface area contributed by atoms with Crippen LogP contribution in [0.5, 0.6) is 5.75 Å². The van der Waals surface area contributed by atoms with E-state index in [-0.39, 0.29) is 6.04 Å². The van der Waals surface area contributed by atoms with Crippen LogP contribution >= 0.6 is 11.8 Å². The molecule has 0 aliphatic rings. The molecule has 2 N–H and O–H groups in total. The molecule has 0 spiro atoms. The Bertz CT molecular complexity index is 596. The monoisotopic (exact) mass is 293 g/mol. The lowest BCUT2D eigenvalue weighted by molar-refractivity contribution is 0.413. The predicted molar refractivity (Wildman–Crippen MR) is 79.9 cm³/mol. The van der Waals surface area contributed by atoms with Crippen LogP contribution in [-0.2, 0) is 5.75 Å². The Morgan fingerprint density at radius 2 is 2.10 bits per heavy atom. The van der Waals surface area contributed by atoms with Gasteiger partial charge in [0.25, 0.3) is 0 Å². The van der Waals surface area contributed by atoms with Crippen LogP contribution in [0.25, 0.3) is 0 Å². The predicted octanol–water partition coefficient (Wildman–Crippen LogP) is 2.45. The van der Waals surface area contributed by atoms with Crippen molar-refractivity contribution >= 4 is 17.7 Å². The lowest BCUT2D eigenvalue weighted by Crippen LogP contribution is -2.07. The summed E-state index contributed by atoms with van der Waals surface area (Å²) in [5.41, 5.74) is 7.70. The Hall–Kier alpha value is -1.76. The van der Waals surface area contributed by atoms with Crippen LogP contribution in [0.2, 0.25) is 0 Å². The molecular weight excluding hydrogens is 274 g/mol. The standard InChI is InChI=1S/C13H19N5OS/c1-8(2)18-12(14)16-17-13(18)20-7-10-6-11(19-4)5-9(3)15-10/h5-6,8H,7H2,1-4H3,(H2,14,16). The fourth-order valence-electron chi connectivity index (χ4n) is 1.91. The third-order valence-corrected chi connectivity index (χ3v) is 3.75. The van der Waals surface area contributed by atoms with E-state index in [0.29, 0.717) is 11.7 Å². The topological polar surface area (TPSA) is 78.8 Å². The molecule has 0 unspecified atom stereocenters. The van der Waals surface area contributed by atoms with Gasteiger partial charge < -0.3 is 10.5 Å². The first-order valence-corrected chi connectivity index (χ1v) is 7.34. The van der Waals surface area contributed by atoms with Gasteiger partial charge in [-0.25, -0.2) is 0 Å². The number of nitrogens with zero attached hydrogens (tertiary/aromatic N) is 4. The van der Waals surface area contributed by atoms with Crippen LogP contribution in [0.1, 0.15) is 31.3 Å². The summed E-state index contributed by atoms with van der Waals surface area (Å²) in [6.07, 6.45) is 0. The number of anilines is 1. The summed E-state index contributed by atoms with van der Waals surface area (Å²) < 4.78 is 7.17. The average molecular weight is 293 g/mol. The zero-order chi connectivity index (χ0) is 14.7. The van der Waals surface area contributed by atoms with E-state index in [2.05, 4.69) is 29.0 Å². The molecule has 2 heterocycles. The van der Waals surface area contributed by atoms with Crippen LogP contribution in [0.4, 0.5) is 5.95 Å². The van der Waals surface area contributed by atoms with E-state index in [1.54, 1.807) is 18.9 Å². The summed E-state index contributed by atoms with van der Waals surface area (Å²) in [6.45, 7) is 6.06. The quantitative estimate of drug-likeness (QED) is 0.853. The van der Waals surface area contributed by atoms with Gasteiger partial charge in [0.05, 0.1) is 12.8 Å². The highest BCUT2D eigenvalue weighted by Crippen LogP contribution is 2.26. The first kappa shape index (κ1) is 14.6. The second kappa shape index (κ2) is 6.13. The number of methoxy groups -OCH3 is 1. The number of thioether (sulfide) groups is 1. The molecule has 0 bridgehead atoms. The van der Waals surface area contributed by atoms with E-state index in [4.69, 9.17) is 10.5 Å². The Balaban J connectivity index is 2.15. The van der Waals surface area contributed by atoms with E-state index < -0.39 is 0 Å². The van der Waals surface area contributed by atoms with E-state index in [0.717, 1.165) is 22.3 Å². The number of ether oxygens (including phenoxy) is 1. The molecule has 6 nitrogen and oxygen atoms in total. The molecule has 2 aromatic heterocycles. The normalized spacial score (nSPS) is 11.1. The molecule has 0 aromatic carbocycles. The van der Waals surface area contributed by atoms with Crippen molar-refractivity contribution in [2.24, 2.45) is 0 Å². The maximum atomic E-state index is 5.82. The van der Waals surface area contributed by atoms with E-state index in [9.17, 15) is 0 Å². The number of nitrogens with two attached hydrogens (primary N) is 1. The van der Waals surface area contributed by atoms with Crippen molar-refractivity contribution in [2.75, 3.05) is 12.8 Å². The van der Waals surface area contributed by atoms with Gasteiger partial charge in [-0.3, -0.25) is 9.55 Å². The van der Waals surface area contributed by atoms with Crippen molar-refractivity contribution < 1.29 is 4.74 Å². The molecule has 0 fully saturated rings. The molecule has 108 valence electrons. The molecule has 0 amide bonds. The lowest BCUT2D eigenvalue weighted by atomic mass is 10.3. The summed E-state index contributed by atoms with van der Waals surface area (Å²) in [6, 6.07) is 4.06. The molecule has 0 radical (unpaired) electrons. The molecule has 0 aliphatic carbocycles. The summed E-state index contributed by atoms with van der Waals surface area (Å²) in [5, 5.41) is 8.84. The Labute approximate surface area is 122 Å². The van der Waals surface area contributed by atoms with Gasteiger partial charge in [-0.2, -0.15) is 0 Å². The number of nitrogen functional groups attached to an aromatic ring is 1. The van der Waals surface area contributed by atoms with Gasteiger partial charge in [-0.1, -0.05) is 11.8 Å². The molecule has 0 aliphatic heterocycles. The zero-order valence-electron chi connectivity index (χ0n) is 12.1. The summed E-state index contributed by atoms with van der Waals surface area (Å²) in [4.78, 5) is 4.49. The van der Waals surface area contributed by atoms with Crippen LogP contribution in [0, 0.1) is 6.92 Å². The number of pyridine rings is 1. The SMILES string of the molecule is COc1cc(C)nc(CSc2nnc(N)n2C(C)C)c1. The number of hydrogen-bond donors (Lipinski definition) is 1. The van der Waals surface area contributed by atoms with E-state index in [1.807, 2.05) is 23.6 Å². The molecule has 2 rings (SSSR count). The first-order chi connectivity index (χ1) is 9.51. The molecular formula is C13H19N5OS. The fraction of sp³-hybridized carbons (Fsp3) is 0.462. The van der Waals surface area contributed by atoms with Gasteiger partial charge in [-0.05, 0) is 20.8 Å². The van der Waals surface area contributed by atoms with Crippen LogP contribution in [-0.4, -0.2) is 26.9 Å². The van der Waals surface area contributed by atoms with Gasteiger partial charge in [0, 0.05) is 29.6 Å². The number of aryl methyl sites for hydroxylation is 1. The number of rotatable bonds is 5. The number of hydrogen-bond acceptors (Lipinski definition) is 6. The van der Waals surface area contributed by atoms with Crippen LogP contribution in [0.15, 0.2) is 17.3 Å². The molecule has 20 heavy (non-hydrogen) atoms. The van der Waals surface area contributed by atoms with Crippen molar-refractivity contribution in [2.45, 2.75) is 37.7 Å². The molecule has 0 saturated heterocycles. The summed E-state index contributed by atoms with van der Waals surface area (Å²) in [5.74, 6) is 1.96. The molecule has 2 aromatic rings. The highest BCUT2D eigenvalue weighted by Gasteiger charge is 2.13. The lowest BCUT2D eigenvalue weighted by Gasteiger charge is -2.11. The minimum atomic E-state index is 0.229. The van der Waals surface area contributed by atoms with Crippen molar-refractivity contribution in [1.82, 2.24) is 19.7 Å². The second-order valence-electron chi connectivity index (χ2n) is 4.73. The van der Waals surface area contributed by atoms with Gasteiger partial charge in [0.1, 0.15) is 5.75 Å². The Morgan fingerprint density at radius 1 is 1.35 bits per heavy atom. The van der Waals surface area contributed by atoms with Crippen LogP contribution in [0.3, 0.4) is 0 Å². The Morgan fingerprint density at radius 3 is 2.75 bits per heavy atom. The average Bonchev–Trinajstić information content (AvgIpc) is 2.77. The largest absolute Gasteiger partial charge is 0.497 e. The summed E-state index contributed by atoms with van der Waals surface area (Å²) in [7, 11) is 1.65. The smallest absolute Gasteiger partial charge is 0.222 e. The van der Waals surface area contributed by atoms with Crippen molar-refractivity contribution in [3.63, 3.8) is 0 Å². The third-order valence-electron chi connectivity index (χ3n) is 2.77. The van der Waals surface area contributed by atoms with E-state index >= 15 is 0 Å². The van der Waals surface area contributed by atoms with Crippen molar-refractivity contribution in [1.29, 1.82) is 0 Å².